The SMILES string of the molecule is C[C@H](C[S@](C)=O)N(C)Cc1ccc(-n2cccn2)cc1. The average Bonchev–Trinajstić information content (AvgIpc) is 2.92. The van der Waals surface area contributed by atoms with Crippen LogP contribution >= 0.6 is 0 Å². The van der Waals surface area contributed by atoms with Gasteiger partial charge < -0.3 is 0 Å². The van der Waals surface area contributed by atoms with E-state index in [1.807, 2.05) is 16.9 Å². The van der Waals surface area contributed by atoms with Gasteiger partial charge in [0.05, 0.1) is 5.69 Å². The van der Waals surface area contributed by atoms with Gasteiger partial charge in [-0.1, -0.05) is 12.1 Å². The average molecular weight is 291 g/mol. The minimum Gasteiger partial charge on any atom is -0.299 e. The molecule has 2 atom stereocenters. The zero-order valence-corrected chi connectivity index (χ0v) is 13.0. The highest BCUT2D eigenvalue weighted by molar-refractivity contribution is 7.84. The van der Waals surface area contributed by atoms with Crippen molar-refractivity contribution in [3.63, 3.8) is 0 Å². The first-order valence-electron chi connectivity index (χ1n) is 6.65. The Morgan fingerprint density at radius 3 is 2.60 bits per heavy atom. The summed E-state index contributed by atoms with van der Waals surface area (Å²) in [6, 6.07) is 10.6. The molecule has 0 aliphatic heterocycles. The molecule has 0 aliphatic carbocycles. The third kappa shape index (κ3) is 4.02. The van der Waals surface area contributed by atoms with Crippen LogP contribution in [0.2, 0.25) is 0 Å². The normalized spacial score (nSPS) is 14.4. The Bertz CT molecular complexity index is 551. The maximum Gasteiger partial charge on any atom is 0.0645 e. The van der Waals surface area contributed by atoms with E-state index >= 15 is 0 Å². The summed E-state index contributed by atoms with van der Waals surface area (Å²) in [4.78, 5) is 2.23. The second-order valence-corrected chi connectivity index (χ2v) is 6.60. The zero-order valence-electron chi connectivity index (χ0n) is 12.2. The van der Waals surface area contributed by atoms with Crippen molar-refractivity contribution in [2.45, 2.75) is 19.5 Å². The van der Waals surface area contributed by atoms with Crippen molar-refractivity contribution in [3.8, 4) is 5.69 Å². The van der Waals surface area contributed by atoms with Crippen LogP contribution in [0.3, 0.4) is 0 Å². The highest BCUT2D eigenvalue weighted by Gasteiger charge is 2.11. The molecule has 5 heteroatoms. The van der Waals surface area contributed by atoms with Gasteiger partial charge in [0.1, 0.15) is 0 Å². The van der Waals surface area contributed by atoms with E-state index in [9.17, 15) is 4.21 Å². The first-order chi connectivity index (χ1) is 9.56. The van der Waals surface area contributed by atoms with Crippen LogP contribution < -0.4 is 0 Å². The molecule has 0 aliphatic rings. The first kappa shape index (κ1) is 14.9. The van der Waals surface area contributed by atoms with Crippen LogP contribution in [0.5, 0.6) is 0 Å². The molecule has 0 radical (unpaired) electrons. The second-order valence-electron chi connectivity index (χ2n) is 5.12. The van der Waals surface area contributed by atoms with Gasteiger partial charge in [-0.2, -0.15) is 5.10 Å². The molecule has 2 aromatic rings. The van der Waals surface area contributed by atoms with Crippen LogP contribution in [0, 0.1) is 0 Å². The minimum absolute atomic E-state index is 0.312. The van der Waals surface area contributed by atoms with Crippen LogP contribution in [0.15, 0.2) is 42.7 Å². The Morgan fingerprint density at radius 1 is 1.35 bits per heavy atom. The zero-order chi connectivity index (χ0) is 14.5. The molecule has 1 heterocycles. The summed E-state index contributed by atoms with van der Waals surface area (Å²) in [5.74, 6) is 0.710. The summed E-state index contributed by atoms with van der Waals surface area (Å²) < 4.78 is 13.1. The first-order valence-corrected chi connectivity index (χ1v) is 8.38. The van der Waals surface area contributed by atoms with Crippen LogP contribution in [0.1, 0.15) is 12.5 Å². The molecule has 0 spiro atoms. The Balaban J connectivity index is 1.98. The minimum atomic E-state index is -0.751. The quantitative estimate of drug-likeness (QED) is 0.818. The fraction of sp³-hybridized carbons (Fsp3) is 0.400. The summed E-state index contributed by atoms with van der Waals surface area (Å²) in [5, 5.41) is 4.21. The van der Waals surface area contributed by atoms with E-state index in [-0.39, 0.29) is 0 Å². The van der Waals surface area contributed by atoms with E-state index in [0.717, 1.165) is 12.2 Å². The van der Waals surface area contributed by atoms with Crippen molar-refractivity contribution in [2.75, 3.05) is 19.1 Å². The standard InChI is InChI=1S/C15H21N3OS/c1-13(12-20(3)19)17(2)11-14-5-7-15(8-6-14)18-10-4-9-16-18/h4-10,13H,11-12H2,1-3H3/t13-,20+/m1/s1. The lowest BCUT2D eigenvalue weighted by Crippen LogP contribution is -2.32. The largest absolute Gasteiger partial charge is 0.299 e. The number of hydrogen-bond acceptors (Lipinski definition) is 3. The summed E-state index contributed by atoms with van der Waals surface area (Å²) in [7, 11) is 1.32. The molecule has 0 fully saturated rings. The van der Waals surface area contributed by atoms with Gasteiger partial charge in [0, 0.05) is 47.8 Å². The van der Waals surface area contributed by atoms with Crippen molar-refractivity contribution < 1.29 is 4.21 Å². The van der Waals surface area contributed by atoms with E-state index < -0.39 is 10.8 Å². The molecule has 2 rings (SSSR count). The second kappa shape index (κ2) is 6.81. The monoisotopic (exact) mass is 291 g/mol. The molecule has 0 saturated heterocycles. The number of rotatable bonds is 6. The summed E-state index contributed by atoms with van der Waals surface area (Å²) in [6.07, 6.45) is 5.46. The molecular formula is C15H21N3OS. The Hall–Kier alpha value is -1.46. The lowest BCUT2D eigenvalue weighted by molar-refractivity contribution is 0.268. The van der Waals surface area contributed by atoms with Crippen molar-refractivity contribution in [3.05, 3.63) is 48.3 Å². The fourth-order valence-corrected chi connectivity index (χ4v) is 3.02. The molecule has 0 amide bonds. The molecular weight excluding hydrogens is 270 g/mol. The van der Waals surface area contributed by atoms with Crippen LogP contribution in [0.25, 0.3) is 5.69 Å². The van der Waals surface area contributed by atoms with E-state index in [2.05, 4.69) is 48.2 Å². The van der Waals surface area contributed by atoms with E-state index in [1.165, 1.54) is 5.56 Å². The third-order valence-electron chi connectivity index (χ3n) is 3.37. The van der Waals surface area contributed by atoms with Gasteiger partial charge in [-0.05, 0) is 37.7 Å². The molecule has 1 aromatic heterocycles. The molecule has 4 nitrogen and oxygen atoms in total. The maximum absolute atomic E-state index is 11.3. The fourth-order valence-electron chi connectivity index (χ4n) is 2.09. The molecule has 0 saturated carbocycles. The molecule has 1 aromatic carbocycles. The van der Waals surface area contributed by atoms with Gasteiger partial charge >= 0.3 is 0 Å². The predicted octanol–water partition coefficient (Wildman–Crippen LogP) is 2.07. The summed E-state index contributed by atoms with van der Waals surface area (Å²) in [6.45, 7) is 2.97. The van der Waals surface area contributed by atoms with Crippen LogP contribution in [-0.4, -0.2) is 44.0 Å². The van der Waals surface area contributed by atoms with Gasteiger partial charge in [0.25, 0.3) is 0 Å². The summed E-state index contributed by atoms with van der Waals surface area (Å²) >= 11 is 0. The Kier molecular flexibility index (Phi) is 5.09. The maximum atomic E-state index is 11.3. The third-order valence-corrected chi connectivity index (χ3v) is 4.32. The van der Waals surface area contributed by atoms with E-state index in [1.54, 1.807) is 12.5 Å². The molecule has 0 bridgehead atoms. The Morgan fingerprint density at radius 2 is 2.05 bits per heavy atom. The number of hydrogen-bond donors (Lipinski definition) is 0. The smallest absolute Gasteiger partial charge is 0.0645 e. The van der Waals surface area contributed by atoms with Crippen LogP contribution in [-0.2, 0) is 17.3 Å². The van der Waals surface area contributed by atoms with Crippen molar-refractivity contribution in [1.82, 2.24) is 14.7 Å². The highest BCUT2D eigenvalue weighted by atomic mass is 32.2. The van der Waals surface area contributed by atoms with Crippen molar-refractivity contribution in [2.24, 2.45) is 0 Å². The van der Waals surface area contributed by atoms with Gasteiger partial charge in [-0.15, -0.1) is 0 Å². The molecule has 0 N–H and O–H groups in total. The van der Waals surface area contributed by atoms with Gasteiger partial charge in [-0.3, -0.25) is 9.11 Å². The van der Waals surface area contributed by atoms with Crippen molar-refractivity contribution >= 4 is 10.8 Å². The Labute approximate surface area is 122 Å². The predicted molar refractivity (Wildman–Crippen MR) is 83.4 cm³/mol. The molecule has 0 unspecified atom stereocenters. The number of benzene rings is 1. The topological polar surface area (TPSA) is 38.1 Å². The molecule has 108 valence electrons. The summed E-state index contributed by atoms with van der Waals surface area (Å²) in [5.41, 5.74) is 2.31. The number of nitrogens with zero attached hydrogens (tertiary/aromatic N) is 3. The van der Waals surface area contributed by atoms with E-state index in [4.69, 9.17) is 0 Å². The van der Waals surface area contributed by atoms with E-state index in [0.29, 0.717) is 11.8 Å². The number of aromatic nitrogens is 2. The van der Waals surface area contributed by atoms with Gasteiger partial charge in [-0.25, -0.2) is 4.68 Å². The van der Waals surface area contributed by atoms with Crippen molar-refractivity contribution in [1.29, 1.82) is 0 Å². The molecule has 20 heavy (non-hydrogen) atoms. The van der Waals surface area contributed by atoms with Crippen LogP contribution in [0.4, 0.5) is 0 Å². The van der Waals surface area contributed by atoms with Gasteiger partial charge in [0.2, 0.25) is 0 Å². The van der Waals surface area contributed by atoms with Gasteiger partial charge in [0.15, 0.2) is 0 Å². The lowest BCUT2D eigenvalue weighted by atomic mass is 10.2. The highest BCUT2D eigenvalue weighted by Crippen LogP contribution is 2.11. The lowest BCUT2D eigenvalue weighted by Gasteiger charge is -2.24.